The van der Waals surface area contributed by atoms with Gasteiger partial charge < -0.3 is 9.30 Å². The SMILES string of the molecule is Cc1ccn2cc(CN3C(=O)C[C@@H]4Cc5ccccc5CN4C3=O)nc2c1. The van der Waals surface area contributed by atoms with E-state index in [1.807, 2.05) is 52.9 Å². The first-order valence-corrected chi connectivity index (χ1v) is 9.20. The number of nitrogens with zero attached hydrogens (tertiary/aromatic N) is 4. The second-order valence-electron chi connectivity index (χ2n) is 7.42. The van der Waals surface area contributed by atoms with Crippen LogP contribution in [0, 0.1) is 6.92 Å². The Morgan fingerprint density at radius 1 is 1.11 bits per heavy atom. The molecular weight excluding hydrogens is 340 g/mol. The van der Waals surface area contributed by atoms with E-state index >= 15 is 0 Å². The number of hydrogen-bond acceptors (Lipinski definition) is 3. The fraction of sp³-hybridized carbons (Fsp3) is 0.286. The van der Waals surface area contributed by atoms with Crippen LogP contribution < -0.4 is 0 Å². The first-order chi connectivity index (χ1) is 13.1. The van der Waals surface area contributed by atoms with Crippen LogP contribution in [0.25, 0.3) is 5.65 Å². The lowest BCUT2D eigenvalue weighted by Crippen LogP contribution is -2.58. The third-order valence-corrected chi connectivity index (χ3v) is 5.53. The Labute approximate surface area is 157 Å². The number of aryl methyl sites for hydroxylation is 1. The molecule has 6 nitrogen and oxygen atoms in total. The van der Waals surface area contributed by atoms with Gasteiger partial charge in [-0.05, 0) is 42.2 Å². The largest absolute Gasteiger partial charge is 0.327 e. The Hall–Kier alpha value is -3.15. The van der Waals surface area contributed by atoms with E-state index in [9.17, 15) is 9.59 Å². The first-order valence-electron chi connectivity index (χ1n) is 9.20. The van der Waals surface area contributed by atoms with E-state index in [2.05, 4.69) is 17.1 Å². The molecule has 0 unspecified atom stereocenters. The molecule has 0 saturated carbocycles. The summed E-state index contributed by atoms with van der Waals surface area (Å²) in [7, 11) is 0. The minimum Gasteiger partial charge on any atom is -0.316 e. The molecule has 1 aromatic carbocycles. The highest BCUT2D eigenvalue weighted by molar-refractivity contribution is 5.97. The second kappa shape index (κ2) is 5.94. The molecule has 0 radical (unpaired) electrons. The van der Waals surface area contributed by atoms with Crippen LogP contribution in [0.15, 0.2) is 48.8 Å². The molecule has 0 spiro atoms. The second-order valence-corrected chi connectivity index (χ2v) is 7.42. The molecule has 136 valence electrons. The number of aromatic nitrogens is 2. The average molecular weight is 360 g/mol. The monoisotopic (exact) mass is 360 g/mol. The molecule has 27 heavy (non-hydrogen) atoms. The van der Waals surface area contributed by atoms with Gasteiger partial charge in [-0.2, -0.15) is 0 Å². The van der Waals surface area contributed by atoms with Crippen LogP contribution in [-0.4, -0.2) is 37.2 Å². The van der Waals surface area contributed by atoms with Crippen LogP contribution in [-0.2, 0) is 24.3 Å². The molecule has 4 heterocycles. The van der Waals surface area contributed by atoms with Crippen molar-refractivity contribution in [3.05, 3.63) is 71.2 Å². The maximum Gasteiger partial charge on any atom is 0.327 e. The molecule has 0 aliphatic carbocycles. The summed E-state index contributed by atoms with van der Waals surface area (Å²) in [4.78, 5) is 33.5. The molecule has 6 heteroatoms. The Morgan fingerprint density at radius 2 is 1.93 bits per heavy atom. The van der Waals surface area contributed by atoms with E-state index in [0.29, 0.717) is 13.0 Å². The Bertz CT molecular complexity index is 1070. The maximum absolute atomic E-state index is 13.1. The lowest BCUT2D eigenvalue weighted by atomic mass is 9.91. The molecule has 0 bridgehead atoms. The van der Waals surface area contributed by atoms with Gasteiger partial charge in [0.25, 0.3) is 0 Å². The number of urea groups is 1. The molecule has 3 amide bonds. The minimum absolute atomic E-state index is 0.0418. The number of fused-ring (bicyclic) bond motifs is 3. The summed E-state index contributed by atoms with van der Waals surface area (Å²) < 4.78 is 1.92. The number of carbonyl (C=O) groups is 2. The highest BCUT2D eigenvalue weighted by atomic mass is 16.2. The van der Waals surface area contributed by atoms with Gasteiger partial charge in [-0.1, -0.05) is 24.3 Å². The molecule has 3 aromatic rings. The fourth-order valence-corrected chi connectivity index (χ4v) is 4.10. The van der Waals surface area contributed by atoms with Gasteiger partial charge in [0, 0.05) is 31.4 Å². The molecule has 2 aliphatic heterocycles. The molecule has 2 aromatic heterocycles. The quantitative estimate of drug-likeness (QED) is 0.706. The van der Waals surface area contributed by atoms with E-state index in [1.165, 1.54) is 16.0 Å². The zero-order chi connectivity index (χ0) is 18.5. The molecule has 1 saturated heterocycles. The Kier molecular flexibility index (Phi) is 3.53. The van der Waals surface area contributed by atoms with Crippen LogP contribution >= 0.6 is 0 Å². The van der Waals surface area contributed by atoms with E-state index in [0.717, 1.165) is 23.3 Å². The van der Waals surface area contributed by atoms with Crippen molar-refractivity contribution >= 4 is 17.6 Å². The van der Waals surface area contributed by atoms with Crippen LogP contribution in [0.4, 0.5) is 4.79 Å². The van der Waals surface area contributed by atoms with Gasteiger partial charge in [0.05, 0.1) is 12.2 Å². The van der Waals surface area contributed by atoms with Crippen molar-refractivity contribution in [3.8, 4) is 0 Å². The number of imide groups is 1. The third-order valence-electron chi connectivity index (χ3n) is 5.53. The predicted molar refractivity (Wildman–Crippen MR) is 100.0 cm³/mol. The van der Waals surface area contributed by atoms with Crippen molar-refractivity contribution in [1.82, 2.24) is 19.2 Å². The third kappa shape index (κ3) is 2.68. The summed E-state index contributed by atoms with van der Waals surface area (Å²) in [5.74, 6) is -0.117. The highest BCUT2D eigenvalue weighted by Crippen LogP contribution is 2.30. The van der Waals surface area contributed by atoms with E-state index in [1.54, 1.807) is 0 Å². The van der Waals surface area contributed by atoms with Crippen LogP contribution in [0.1, 0.15) is 28.8 Å². The summed E-state index contributed by atoms with van der Waals surface area (Å²) in [6, 6.07) is 11.9. The smallest absolute Gasteiger partial charge is 0.316 e. The summed E-state index contributed by atoms with van der Waals surface area (Å²) in [5.41, 5.74) is 5.08. The standard InChI is InChI=1S/C21H20N4O2/c1-14-6-7-23-12-17(22-19(23)8-14)13-25-20(26)10-18-9-15-4-2-3-5-16(15)11-24(18)21(25)27/h2-8,12,18H,9-11,13H2,1H3/t18-/m0/s1. The van der Waals surface area contributed by atoms with Gasteiger partial charge in [-0.25, -0.2) is 9.78 Å². The average Bonchev–Trinajstić information content (AvgIpc) is 3.05. The number of hydrogen-bond donors (Lipinski definition) is 0. The summed E-state index contributed by atoms with van der Waals surface area (Å²) in [5, 5.41) is 0. The van der Waals surface area contributed by atoms with Crippen molar-refractivity contribution in [2.75, 3.05) is 0 Å². The van der Waals surface area contributed by atoms with Gasteiger partial charge in [0.2, 0.25) is 5.91 Å². The van der Waals surface area contributed by atoms with Gasteiger partial charge in [0.1, 0.15) is 5.65 Å². The van der Waals surface area contributed by atoms with E-state index < -0.39 is 0 Å². The molecule has 5 rings (SSSR count). The molecular formula is C21H20N4O2. The lowest BCUT2D eigenvalue weighted by Gasteiger charge is -2.43. The lowest BCUT2D eigenvalue weighted by molar-refractivity contribution is -0.133. The van der Waals surface area contributed by atoms with Gasteiger partial charge in [0.15, 0.2) is 0 Å². The van der Waals surface area contributed by atoms with E-state index in [-0.39, 0.29) is 24.5 Å². The highest BCUT2D eigenvalue weighted by Gasteiger charge is 2.41. The number of benzene rings is 1. The van der Waals surface area contributed by atoms with Crippen molar-refractivity contribution in [2.45, 2.75) is 38.9 Å². The Balaban J connectivity index is 1.42. The Morgan fingerprint density at radius 3 is 2.78 bits per heavy atom. The molecule has 1 atom stereocenters. The van der Waals surface area contributed by atoms with Gasteiger partial charge in [-0.3, -0.25) is 9.69 Å². The van der Waals surface area contributed by atoms with Gasteiger partial charge >= 0.3 is 6.03 Å². The number of carbonyl (C=O) groups excluding carboxylic acids is 2. The van der Waals surface area contributed by atoms with E-state index in [4.69, 9.17) is 0 Å². The first kappa shape index (κ1) is 16.1. The zero-order valence-corrected chi connectivity index (χ0v) is 15.1. The number of pyridine rings is 1. The normalized spacial score (nSPS) is 19.4. The van der Waals surface area contributed by atoms with Crippen LogP contribution in [0.3, 0.4) is 0 Å². The van der Waals surface area contributed by atoms with Gasteiger partial charge in [-0.15, -0.1) is 0 Å². The van der Waals surface area contributed by atoms with Crippen molar-refractivity contribution in [1.29, 1.82) is 0 Å². The van der Waals surface area contributed by atoms with Crippen LogP contribution in [0.5, 0.6) is 0 Å². The fourth-order valence-electron chi connectivity index (χ4n) is 4.10. The summed E-state index contributed by atoms with van der Waals surface area (Å²) in [6.07, 6.45) is 4.94. The molecule has 2 aliphatic rings. The molecule has 0 N–H and O–H groups in total. The van der Waals surface area contributed by atoms with Crippen molar-refractivity contribution < 1.29 is 9.59 Å². The number of amides is 3. The minimum atomic E-state index is -0.209. The number of rotatable bonds is 2. The topological polar surface area (TPSA) is 57.9 Å². The molecule has 1 fully saturated rings. The maximum atomic E-state index is 13.1. The number of imidazole rings is 1. The summed E-state index contributed by atoms with van der Waals surface area (Å²) in [6.45, 7) is 2.79. The van der Waals surface area contributed by atoms with Crippen molar-refractivity contribution in [3.63, 3.8) is 0 Å². The summed E-state index contributed by atoms with van der Waals surface area (Å²) >= 11 is 0. The van der Waals surface area contributed by atoms with Crippen molar-refractivity contribution in [2.24, 2.45) is 0 Å². The van der Waals surface area contributed by atoms with Crippen LogP contribution in [0.2, 0.25) is 0 Å². The predicted octanol–water partition coefficient (Wildman–Crippen LogP) is 2.92. The zero-order valence-electron chi connectivity index (χ0n) is 15.1.